The lowest BCUT2D eigenvalue weighted by molar-refractivity contribution is 0.0944. The molecule has 0 unspecified atom stereocenters. The van der Waals surface area contributed by atoms with Crippen molar-refractivity contribution in [1.29, 1.82) is 0 Å². The van der Waals surface area contributed by atoms with Gasteiger partial charge >= 0.3 is 0 Å². The molecule has 6 heteroatoms. The summed E-state index contributed by atoms with van der Waals surface area (Å²) in [7, 11) is 3.19. The number of ether oxygens (including phenoxy) is 2. The minimum absolute atomic E-state index is 0.174. The van der Waals surface area contributed by atoms with Crippen LogP contribution < -0.4 is 14.8 Å². The van der Waals surface area contributed by atoms with Crippen molar-refractivity contribution in [2.45, 2.75) is 6.54 Å². The van der Waals surface area contributed by atoms with Crippen LogP contribution in [0, 0.1) is 0 Å². The zero-order valence-corrected chi connectivity index (χ0v) is 14.1. The molecule has 0 bridgehead atoms. The number of rotatable bonds is 6. The van der Waals surface area contributed by atoms with Gasteiger partial charge in [-0.25, -0.2) is 0 Å². The molecule has 0 spiro atoms. The molecule has 0 aliphatic carbocycles. The predicted octanol–water partition coefficient (Wildman–Crippen LogP) is 2.82. The topological polar surface area (TPSA) is 65.4 Å². The fourth-order valence-corrected chi connectivity index (χ4v) is 2.55. The average molecular weight is 337 g/mol. The number of carbonyl (C=O) groups is 1. The Hall–Kier alpha value is -3.28. The molecule has 0 atom stereocenters. The second-order valence-corrected chi connectivity index (χ2v) is 5.34. The summed E-state index contributed by atoms with van der Waals surface area (Å²) >= 11 is 0. The molecule has 0 aliphatic heterocycles. The SMILES string of the molecule is COc1ccc(CNC(=O)c2cccn2-c2cccnc2)c(OC)c1. The number of methoxy groups -OCH3 is 2. The number of carbonyl (C=O) groups excluding carboxylic acids is 1. The molecule has 0 saturated carbocycles. The van der Waals surface area contributed by atoms with Gasteiger partial charge in [0.1, 0.15) is 17.2 Å². The Morgan fingerprint density at radius 3 is 2.76 bits per heavy atom. The van der Waals surface area contributed by atoms with E-state index in [9.17, 15) is 4.79 Å². The number of hydrogen-bond donors (Lipinski definition) is 1. The van der Waals surface area contributed by atoms with Crippen molar-refractivity contribution in [1.82, 2.24) is 14.9 Å². The third-order valence-corrected chi connectivity index (χ3v) is 3.84. The summed E-state index contributed by atoms with van der Waals surface area (Å²) in [6.45, 7) is 0.351. The van der Waals surface area contributed by atoms with E-state index in [0.29, 0.717) is 23.7 Å². The largest absolute Gasteiger partial charge is 0.497 e. The van der Waals surface area contributed by atoms with Crippen LogP contribution >= 0.6 is 0 Å². The van der Waals surface area contributed by atoms with Gasteiger partial charge in [0.15, 0.2) is 0 Å². The molecule has 0 aliphatic rings. The Morgan fingerprint density at radius 1 is 1.16 bits per heavy atom. The van der Waals surface area contributed by atoms with Crippen molar-refractivity contribution in [3.8, 4) is 17.2 Å². The number of nitrogens with zero attached hydrogens (tertiary/aromatic N) is 2. The van der Waals surface area contributed by atoms with E-state index >= 15 is 0 Å². The molecule has 0 fully saturated rings. The van der Waals surface area contributed by atoms with Gasteiger partial charge in [0.2, 0.25) is 0 Å². The van der Waals surface area contributed by atoms with Crippen LogP contribution in [0.25, 0.3) is 5.69 Å². The smallest absolute Gasteiger partial charge is 0.268 e. The maximum atomic E-state index is 12.6. The Bertz CT molecular complexity index is 859. The van der Waals surface area contributed by atoms with Gasteiger partial charge in [-0.3, -0.25) is 9.78 Å². The van der Waals surface area contributed by atoms with Gasteiger partial charge in [0.25, 0.3) is 5.91 Å². The Balaban J connectivity index is 1.75. The molecule has 0 radical (unpaired) electrons. The van der Waals surface area contributed by atoms with Crippen molar-refractivity contribution < 1.29 is 14.3 Å². The van der Waals surface area contributed by atoms with Gasteiger partial charge in [0, 0.05) is 30.6 Å². The lowest BCUT2D eigenvalue weighted by Gasteiger charge is -2.12. The normalized spacial score (nSPS) is 10.3. The molecular weight excluding hydrogens is 318 g/mol. The molecular formula is C19H19N3O3. The molecule has 1 amide bonds. The van der Waals surface area contributed by atoms with Crippen molar-refractivity contribution in [3.05, 3.63) is 72.3 Å². The highest BCUT2D eigenvalue weighted by Crippen LogP contribution is 2.24. The van der Waals surface area contributed by atoms with Crippen molar-refractivity contribution in [3.63, 3.8) is 0 Å². The minimum atomic E-state index is -0.174. The molecule has 0 saturated heterocycles. The van der Waals surface area contributed by atoms with Crippen LogP contribution in [0.4, 0.5) is 0 Å². The Labute approximate surface area is 146 Å². The van der Waals surface area contributed by atoms with Crippen LogP contribution in [0.2, 0.25) is 0 Å². The average Bonchev–Trinajstić information content (AvgIpc) is 3.16. The van der Waals surface area contributed by atoms with E-state index in [4.69, 9.17) is 9.47 Å². The first-order valence-corrected chi connectivity index (χ1v) is 7.80. The van der Waals surface area contributed by atoms with Crippen LogP contribution in [0.3, 0.4) is 0 Å². The van der Waals surface area contributed by atoms with Crippen LogP contribution in [0.1, 0.15) is 16.1 Å². The number of benzene rings is 1. The summed E-state index contributed by atoms with van der Waals surface area (Å²) in [6.07, 6.45) is 5.24. The number of nitrogens with one attached hydrogen (secondary N) is 1. The van der Waals surface area contributed by atoms with E-state index in [1.54, 1.807) is 43.3 Å². The summed E-state index contributed by atoms with van der Waals surface area (Å²) in [5.74, 6) is 1.20. The highest BCUT2D eigenvalue weighted by atomic mass is 16.5. The molecule has 1 aromatic carbocycles. The lowest BCUT2D eigenvalue weighted by atomic mass is 10.2. The van der Waals surface area contributed by atoms with Gasteiger partial charge in [-0.2, -0.15) is 0 Å². The zero-order valence-electron chi connectivity index (χ0n) is 14.1. The van der Waals surface area contributed by atoms with Crippen LogP contribution in [-0.4, -0.2) is 29.7 Å². The van der Waals surface area contributed by atoms with E-state index in [1.807, 2.05) is 36.5 Å². The Kier molecular flexibility index (Phi) is 4.99. The van der Waals surface area contributed by atoms with E-state index in [1.165, 1.54) is 0 Å². The van der Waals surface area contributed by atoms with Crippen molar-refractivity contribution in [2.24, 2.45) is 0 Å². The summed E-state index contributed by atoms with van der Waals surface area (Å²) in [5.41, 5.74) is 2.25. The maximum Gasteiger partial charge on any atom is 0.268 e. The van der Waals surface area contributed by atoms with Gasteiger partial charge in [-0.15, -0.1) is 0 Å². The van der Waals surface area contributed by atoms with E-state index in [-0.39, 0.29) is 5.91 Å². The third kappa shape index (κ3) is 3.63. The van der Waals surface area contributed by atoms with E-state index in [0.717, 1.165) is 11.3 Å². The van der Waals surface area contributed by atoms with Crippen LogP contribution in [0.5, 0.6) is 11.5 Å². The summed E-state index contributed by atoms with van der Waals surface area (Å²) < 4.78 is 12.3. The van der Waals surface area contributed by atoms with Gasteiger partial charge < -0.3 is 19.4 Å². The molecule has 6 nitrogen and oxygen atoms in total. The van der Waals surface area contributed by atoms with Gasteiger partial charge in [-0.1, -0.05) is 0 Å². The first kappa shape index (κ1) is 16.6. The summed E-state index contributed by atoms with van der Waals surface area (Å²) in [6, 6.07) is 12.8. The van der Waals surface area contributed by atoms with E-state index < -0.39 is 0 Å². The quantitative estimate of drug-likeness (QED) is 0.751. The zero-order chi connectivity index (χ0) is 17.6. The molecule has 128 valence electrons. The summed E-state index contributed by atoms with van der Waals surface area (Å²) in [4.78, 5) is 16.7. The summed E-state index contributed by atoms with van der Waals surface area (Å²) in [5, 5.41) is 2.92. The second-order valence-electron chi connectivity index (χ2n) is 5.34. The molecule has 1 N–H and O–H groups in total. The first-order valence-electron chi connectivity index (χ1n) is 7.80. The third-order valence-electron chi connectivity index (χ3n) is 3.84. The molecule has 25 heavy (non-hydrogen) atoms. The van der Waals surface area contributed by atoms with Crippen molar-refractivity contribution in [2.75, 3.05) is 14.2 Å². The fourth-order valence-electron chi connectivity index (χ4n) is 2.55. The maximum absolute atomic E-state index is 12.6. The standard InChI is InChI=1S/C19H19N3O3/c1-24-16-8-7-14(18(11-16)25-2)12-21-19(23)17-6-4-10-22(17)15-5-3-9-20-13-15/h3-11,13H,12H2,1-2H3,(H,21,23). The predicted molar refractivity (Wildman–Crippen MR) is 94.3 cm³/mol. The van der Waals surface area contributed by atoms with Gasteiger partial charge in [-0.05, 0) is 36.4 Å². The van der Waals surface area contributed by atoms with Gasteiger partial charge in [0.05, 0.1) is 26.1 Å². The second kappa shape index (κ2) is 7.53. The number of hydrogen-bond acceptors (Lipinski definition) is 4. The molecule has 3 rings (SSSR count). The molecule has 2 heterocycles. The monoisotopic (exact) mass is 337 g/mol. The fraction of sp³-hybridized carbons (Fsp3) is 0.158. The highest BCUT2D eigenvalue weighted by Gasteiger charge is 2.13. The van der Waals surface area contributed by atoms with Crippen LogP contribution in [0.15, 0.2) is 61.1 Å². The number of aromatic nitrogens is 2. The first-order chi connectivity index (χ1) is 12.2. The van der Waals surface area contributed by atoms with E-state index in [2.05, 4.69) is 10.3 Å². The number of amides is 1. The minimum Gasteiger partial charge on any atom is -0.497 e. The molecule has 2 aromatic heterocycles. The van der Waals surface area contributed by atoms with Crippen molar-refractivity contribution >= 4 is 5.91 Å². The van der Waals surface area contributed by atoms with Crippen LogP contribution in [-0.2, 0) is 6.54 Å². The Morgan fingerprint density at radius 2 is 2.04 bits per heavy atom. The molecule has 3 aromatic rings. The number of pyridine rings is 1. The highest BCUT2D eigenvalue weighted by molar-refractivity contribution is 5.93. The lowest BCUT2D eigenvalue weighted by Crippen LogP contribution is -2.25.